The molecule has 0 bridgehead atoms. The zero-order valence-electron chi connectivity index (χ0n) is 20.3. The van der Waals surface area contributed by atoms with E-state index in [-0.39, 0.29) is 22.7 Å². The molecule has 0 spiro atoms. The van der Waals surface area contributed by atoms with Gasteiger partial charge in [0.05, 0.1) is 17.9 Å². The van der Waals surface area contributed by atoms with E-state index in [1.165, 1.54) is 12.1 Å². The van der Waals surface area contributed by atoms with Crippen molar-refractivity contribution in [2.45, 2.75) is 20.4 Å². The molecule has 1 aliphatic rings. The molecule has 0 saturated carbocycles. The van der Waals surface area contributed by atoms with Gasteiger partial charge in [-0.3, -0.25) is 19.1 Å². The van der Waals surface area contributed by atoms with Crippen LogP contribution in [0.15, 0.2) is 72.8 Å². The molecule has 1 heterocycles. The molecule has 1 N–H and O–H groups in total. The summed E-state index contributed by atoms with van der Waals surface area (Å²) >= 11 is 0. The van der Waals surface area contributed by atoms with E-state index in [9.17, 15) is 19.2 Å². The Kier molecular flexibility index (Phi) is 6.23. The van der Waals surface area contributed by atoms with Gasteiger partial charge in [0.2, 0.25) is 0 Å². The molecular formula is C29H23N3O5. The lowest BCUT2D eigenvalue weighted by molar-refractivity contribution is -0.119. The molecule has 184 valence electrons. The minimum Gasteiger partial charge on any atom is -0.452 e. The number of anilines is 1. The van der Waals surface area contributed by atoms with Crippen molar-refractivity contribution in [2.75, 3.05) is 11.9 Å². The van der Waals surface area contributed by atoms with E-state index >= 15 is 0 Å². The number of aryl methyl sites for hydroxylation is 1. The summed E-state index contributed by atoms with van der Waals surface area (Å²) in [5, 5.41) is 7.07. The molecule has 0 radical (unpaired) electrons. The Hall–Kier alpha value is -4.85. The van der Waals surface area contributed by atoms with Gasteiger partial charge in [-0.25, -0.2) is 4.79 Å². The number of carbonyl (C=O) groups excluding carboxylic acids is 4. The fraction of sp³-hybridized carbons (Fsp3) is 0.138. The second-order valence-electron chi connectivity index (χ2n) is 8.78. The first-order chi connectivity index (χ1) is 17.8. The summed E-state index contributed by atoms with van der Waals surface area (Å²) in [6.07, 6.45) is 0. The summed E-state index contributed by atoms with van der Waals surface area (Å²) in [6, 6.07) is 20.9. The number of carbonyl (C=O) groups is 4. The SMILES string of the molecule is Cc1nn(Cc2ccccc2)c(C)c1C(=O)OCC(=O)Nc1ccc2c(c1)C(=O)c1ccccc1C2=O. The molecule has 0 saturated heterocycles. The number of rotatable bonds is 6. The van der Waals surface area contributed by atoms with Crippen molar-refractivity contribution in [3.05, 3.63) is 118 Å². The van der Waals surface area contributed by atoms with E-state index < -0.39 is 18.5 Å². The predicted molar refractivity (Wildman–Crippen MR) is 136 cm³/mol. The molecule has 3 aromatic carbocycles. The van der Waals surface area contributed by atoms with Crippen LogP contribution >= 0.6 is 0 Å². The van der Waals surface area contributed by atoms with Gasteiger partial charge in [-0.15, -0.1) is 0 Å². The maximum absolute atomic E-state index is 12.9. The third-order valence-electron chi connectivity index (χ3n) is 6.30. The minimum atomic E-state index is -0.646. The topological polar surface area (TPSA) is 107 Å². The molecule has 4 aromatic rings. The van der Waals surface area contributed by atoms with Crippen LogP contribution < -0.4 is 5.32 Å². The number of amides is 1. The number of hydrogen-bond acceptors (Lipinski definition) is 6. The number of aromatic nitrogens is 2. The van der Waals surface area contributed by atoms with Crippen molar-refractivity contribution in [3.63, 3.8) is 0 Å². The van der Waals surface area contributed by atoms with Crippen LogP contribution in [0.25, 0.3) is 0 Å². The Bertz CT molecular complexity index is 1570. The molecule has 37 heavy (non-hydrogen) atoms. The lowest BCUT2D eigenvalue weighted by Crippen LogP contribution is -2.23. The Morgan fingerprint density at radius 1 is 0.838 bits per heavy atom. The number of fused-ring (bicyclic) bond motifs is 2. The van der Waals surface area contributed by atoms with Crippen molar-refractivity contribution in [1.82, 2.24) is 9.78 Å². The monoisotopic (exact) mass is 493 g/mol. The molecule has 1 amide bonds. The molecule has 8 heteroatoms. The Labute approximate surface area is 212 Å². The highest BCUT2D eigenvalue weighted by Crippen LogP contribution is 2.29. The van der Waals surface area contributed by atoms with Gasteiger partial charge in [0, 0.05) is 27.9 Å². The molecule has 0 fully saturated rings. The number of hydrogen-bond donors (Lipinski definition) is 1. The largest absolute Gasteiger partial charge is 0.452 e. The van der Waals surface area contributed by atoms with Crippen molar-refractivity contribution in [2.24, 2.45) is 0 Å². The first-order valence-electron chi connectivity index (χ1n) is 11.7. The summed E-state index contributed by atoms with van der Waals surface area (Å²) in [6.45, 7) is 3.48. The fourth-order valence-electron chi connectivity index (χ4n) is 4.48. The zero-order valence-corrected chi connectivity index (χ0v) is 20.3. The minimum absolute atomic E-state index is 0.218. The molecule has 0 unspecified atom stereocenters. The summed E-state index contributed by atoms with van der Waals surface area (Å²) in [5.41, 5.74) is 4.03. The predicted octanol–water partition coefficient (Wildman–Crippen LogP) is 4.12. The van der Waals surface area contributed by atoms with Gasteiger partial charge in [0.25, 0.3) is 5.91 Å². The lowest BCUT2D eigenvalue weighted by Gasteiger charge is -2.18. The van der Waals surface area contributed by atoms with E-state index in [1.54, 1.807) is 48.9 Å². The number of nitrogens with zero attached hydrogens (tertiary/aromatic N) is 2. The third-order valence-corrected chi connectivity index (χ3v) is 6.30. The lowest BCUT2D eigenvalue weighted by atomic mass is 9.84. The van der Waals surface area contributed by atoms with E-state index in [0.717, 1.165) is 5.56 Å². The molecule has 0 atom stereocenters. The summed E-state index contributed by atoms with van der Waals surface area (Å²) in [4.78, 5) is 50.9. The van der Waals surface area contributed by atoms with Crippen molar-refractivity contribution in [3.8, 4) is 0 Å². The van der Waals surface area contributed by atoms with Crippen LogP contribution in [0, 0.1) is 13.8 Å². The quantitative estimate of drug-likeness (QED) is 0.357. The van der Waals surface area contributed by atoms with E-state index in [0.29, 0.717) is 40.3 Å². The van der Waals surface area contributed by atoms with E-state index in [2.05, 4.69) is 10.4 Å². The zero-order chi connectivity index (χ0) is 26.1. The first-order valence-corrected chi connectivity index (χ1v) is 11.7. The van der Waals surface area contributed by atoms with Crippen LogP contribution in [-0.2, 0) is 16.1 Å². The van der Waals surface area contributed by atoms with Crippen LogP contribution in [-0.4, -0.2) is 39.8 Å². The summed E-state index contributed by atoms with van der Waals surface area (Å²) in [7, 11) is 0. The number of ketones is 2. The van der Waals surface area contributed by atoms with Gasteiger partial charge in [-0.1, -0.05) is 54.6 Å². The average Bonchev–Trinajstić information content (AvgIpc) is 3.18. The standard InChI is InChI=1S/C29H23N3O5/c1-17-26(18(2)32(31-17)15-19-8-4-3-5-9-19)29(36)37-16-25(33)30-20-12-13-23-24(14-20)28(35)22-11-7-6-10-21(22)27(23)34/h3-14H,15-16H2,1-2H3,(H,30,33). The smallest absolute Gasteiger partial charge is 0.342 e. The Morgan fingerprint density at radius 2 is 1.46 bits per heavy atom. The van der Waals surface area contributed by atoms with Crippen LogP contribution in [0.5, 0.6) is 0 Å². The molecule has 1 aromatic heterocycles. The second-order valence-corrected chi connectivity index (χ2v) is 8.78. The normalized spacial score (nSPS) is 12.1. The van der Waals surface area contributed by atoms with E-state index in [1.807, 2.05) is 30.3 Å². The van der Waals surface area contributed by atoms with Gasteiger partial charge in [0.15, 0.2) is 18.2 Å². The fourth-order valence-corrected chi connectivity index (χ4v) is 4.48. The molecular weight excluding hydrogens is 470 g/mol. The van der Waals surface area contributed by atoms with Crippen molar-refractivity contribution >= 4 is 29.1 Å². The Morgan fingerprint density at radius 3 is 2.16 bits per heavy atom. The number of benzene rings is 3. The summed E-state index contributed by atoms with van der Waals surface area (Å²) < 4.78 is 6.99. The number of nitrogens with one attached hydrogen (secondary N) is 1. The van der Waals surface area contributed by atoms with Gasteiger partial charge < -0.3 is 10.1 Å². The Balaban J connectivity index is 1.25. The first kappa shape index (κ1) is 23.9. The molecule has 8 nitrogen and oxygen atoms in total. The highest BCUT2D eigenvalue weighted by atomic mass is 16.5. The number of ether oxygens (including phenoxy) is 1. The number of esters is 1. The van der Waals surface area contributed by atoms with Gasteiger partial charge in [-0.2, -0.15) is 5.10 Å². The van der Waals surface area contributed by atoms with Crippen LogP contribution in [0.4, 0.5) is 5.69 Å². The average molecular weight is 494 g/mol. The molecule has 5 rings (SSSR count). The van der Waals surface area contributed by atoms with Gasteiger partial charge in [-0.05, 0) is 37.6 Å². The van der Waals surface area contributed by atoms with Gasteiger partial charge in [0.1, 0.15) is 5.56 Å². The molecule has 1 aliphatic carbocycles. The maximum atomic E-state index is 12.9. The highest BCUT2D eigenvalue weighted by molar-refractivity contribution is 6.28. The third kappa shape index (κ3) is 4.56. The van der Waals surface area contributed by atoms with Crippen LogP contribution in [0.3, 0.4) is 0 Å². The maximum Gasteiger partial charge on any atom is 0.342 e. The second kappa shape index (κ2) is 9.66. The highest BCUT2D eigenvalue weighted by Gasteiger charge is 2.29. The summed E-state index contributed by atoms with van der Waals surface area (Å²) in [5.74, 6) is -1.75. The molecule has 0 aliphatic heterocycles. The van der Waals surface area contributed by atoms with Crippen LogP contribution in [0.1, 0.15) is 59.2 Å². The van der Waals surface area contributed by atoms with Crippen molar-refractivity contribution in [1.29, 1.82) is 0 Å². The van der Waals surface area contributed by atoms with Crippen molar-refractivity contribution < 1.29 is 23.9 Å². The van der Waals surface area contributed by atoms with E-state index in [4.69, 9.17) is 4.74 Å². The van der Waals surface area contributed by atoms with Crippen LogP contribution in [0.2, 0.25) is 0 Å². The van der Waals surface area contributed by atoms with Gasteiger partial charge >= 0.3 is 5.97 Å².